The van der Waals surface area contributed by atoms with E-state index >= 15 is 0 Å². The van der Waals surface area contributed by atoms with Gasteiger partial charge >= 0.3 is 22.4 Å². The first kappa shape index (κ1) is 14.3. The Morgan fingerprint density at radius 3 is 2.76 bits per heavy atom. The van der Waals surface area contributed by atoms with Crippen LogP contribution in [0, 0.1) is 6.92 Å². The molecule has 114 valence electrons. The van der Waals surface area contributed by atoms with Gasteiger partial charge in [0.15, 0.2) is 6.04 Å². The molecular weight excluding hydrogens is 324 g/mol. The van der Waals surface area contributed by atoms with Gasteiger partial charge in [0.2, 0.25) is 0 Å². The fourth-order valence-corrected chi connectivity index (χ4v) is 4.19. The maximum Gasteiger partial charge on any atom is 0.418 e. The fraction of sp³-hybridized carbons (Fsp3) is 0.400. The topological polar surface area (TPSA) is 124 Å². The van der Waals surface area contributed by atoms with Crippen molar-refractivity contribution in [3.63, 3.8) is 0 Å². The molecule has 0 radical (unpaired) electrons. The minimum Gasteiger partial charge on any atom is -0.479 e. The number of carboxylic acid groups (broad SMARTS) is 1. The van der Waals surface area contributed by atoms with Crippen molar-refractivity contribution in [2.75, 3.05) is 6.54 Å². The largest absolute Gasteiger partial charge is 0.479 e. The quantitative estimate of drug-likeness (QED) is 0.780. The van der Waals surface area contributed by atoms with E-state index in [1.807, 2.05) is 0 Å². The van der Waals surface area contributed by atoms with Gasteiger partial charge in [-0.25, -0.2) is 9.59 Å². The lowest BCUT2D eigenvalue weighted by Crippen LogP contribution is -2.38. The fourth-order valence-electron chi connectivity index (χ4n) is 2.64. The molecule has 2 bridgehead atoms. The van der Waals surface area contributed by atoms with Crippen LogP contribution in [0.4, 0.5) is 4.79 Å². The van der Waals surface area contributed by atoms with E-state index in [2.05, 4.69) is 4.28 Å². The number of carboxylic acids is 1. The summed E-state index contributed by atoms with van der Waals surface area (Å²) in [6.45, 7) is 1.76. The van der Waals surface area contributed by atoms with Gasteiger partial charge in [0, 0.05) is 9.75 Å². The van der Waals surface area contributed by atoms with Crippen LogP contribution in [0.15, 0.2) is 6.07 Å². The standard InChI is InChI=1S/C10H10N2O7S2/c1-4-2-5-6-3-11(7(9(13)14)8(5)20-4)10(15)12(6)19-21(16,17)18/h2,6-7H,3H2,1H3,(H,13,14)(H,16,17,18)/t6-,7+/m1/s1. The third kappa shape index (κ3) is 2.18. The number of aliphatic carboxylic acids is 1. The number of aryl methyl sites for hydroxylation is 1. The van der Waals surface area contributed by atoms with Crippen molar-refractivity contribution >= 4 is 33.7 Å². The molecule has 0 aliphatic carbocycles. The summed E-state index contributed by atoms with van der Waals surface area (Å²) in [5.74, 6) is -1.21. The van der Waals surface area contributed by atoms with Gasteiger partial charge in [0.05, 0.1) is 6.54 Å². The number of carbonyl (C=O) groups is 2. The highest BCUT2D eigenvalue weighted by atomic mass is 32.3. The zero-order valence-electron chi connectivity index (χ0n) is 10.6. The first-order chi connectivity index (χ1) is 9.69. The molecule has 1 fully saturated rings. The lowest BCUT2D eigenvalue weighted by molar-refractivity contribution is -0.142. The number of nitrogens with zero attached hydrogens (tertiary/aromatic N) is 2. The Balaban J connectivity index is 2.11. The van der Waals surface area contributed by atoms with E-state index in [-0.39, 0.29) is 6.54 Å². The summed E-state index contributed by atoms with van der Waals surface area (Å²) >= 11 is 1.23. The highest BCUT2D eigenvalue weighted by Gasteiger charge is 2.53. The van der Waals surface area contributed by atoms with Gasteiger partial charge in [0.25, 0.3) is 0 Å². The molecule has 3 rings (SSSR count). The molecule has 2 amide bonds. The SMILES string of the molecule is Cc1cc2c(s1)[C@@H](C(=O)O)N1C[C@H]2N(OS(=O)(=O)O)C1=O. The number of hydrogen-bond acceptors (Lipinski definition) is 6. The van der Waals surface area contributed by atoms with E-state index < -0.39 is 34.5 Å². The average Bonchev–Trinajstić information content (AvgIpc) is 2.82. The second-order valence-corrected chi connectivity index (χ2v) is 6.99. The van der Waals surface area contributed by atoms with Crippen molar-refractivity contribution in [1.82, 2.24) is 9.96 Å². The first-order valence-electron chi connectivity index (χ1n) is 5.79. The van der Waals surface area contributed by atoms with Gasteiger partial charge in [0.1, 0.15) is 6.04 Å². The lowest BCUT2D eigenvalue weighted by atomic mass is 9.99. The molecule has 2 aliphatic rings. The number of carbonyl (C=O) groups excluding carboxylic acids is 1. The maximum absolute atomic E-state index is 12.1. The van der Waals surface area contributed by atoms with Crippen LogP contribution in [0.5, 0.6) is 0 Å². The van der Waals surface area contributed by atoms with Crippen molar-refractivity contribution in [3.8, 4) is 0 Å². The molecule has 0 saturated carbocycles. The first-order valence-corrected chi connectivity index (χ1v) is 7.97. The number of rotatable bonds is 3. The van der Waals surface area contributed by atoms with Crippen LogP contribution in [0.3, 0.4) is 0 Å². The summed E-state index contributed by atoms with van der Waals surface area (Å²) in [4.78, 5) is 25.9. The van der Waals surface area contributed by atoms with Gasteiger partial charge < -0.3 is 10.0 Å². The summed E-state index contributed by atoms with van der Waals surface area (Å²) in [5, 5.41) is 9.84. The number of urea groups is 1. The number of thiophene rings is 1. The molecule has 2 atom stereocenters. The Morgan fingerprint density at radius 1 is 1.52 bits per heavy atom. The van der Waals surface area contributed by atoms with Gasteiger partial charge in [-0.2, -0.15) is 13.5 Å². The van der Waals surface area contributed by atoms with Crippen LogP contribution >= 0.6 is 11.3 Å². The molecule has 9 nitrogen and oxygen atoms in total. The molecule has 2 N–H and O–H groups in total. The average molecular weight is 334 g/mol. The van der Waals surface area contributed by atoms with Crippen molar-refractivity contribution in [2.45, 2.75) is 19.0 Å². The van der Waals surface area contributed by atoms with Crippen molar-refractivity contribution in [3.05, 3.63) is 21.4 Å². The zero-order valence-corrected chi connectivity index (χ0v) is 12.2. The Hall–Kier alpha value is -1.69. The number of amides is 2. The Morgan fingerprint density at radius 2 is 2.19 bits per heavy atom. The van der Waals surface area contributed by atoms with Crippen molar-refractivity contribution < 1.29 is 31.9 Å². The minimum absolute atomic E-state index is 0.0194. The third-order valence-electron chi connectivity index (χ3n) is 3.33. The van der Waals surface area contributed by atoms with E-state index in [9.17, 15) is 23.1 Å². The minimum atomic E-state index is -4.88. The Labute approximate surface area is 123 Å². The number of hydrogen-bond donors (Lipinski definition) is 2. The summed E-state index contributed by atoms with van der Waals surface area (Å²) < 4.78 is 34.8. The maximum atomic E-state index is 12.1. The van der Waals surface area contributed by atoms with Crippen molar-refractivity contribution in [2.24, 2.45) is 0 Å². The van der Waals surface area contributed by atoms with Crippen LogP contribution in [0.25, 0.3) is 0 Å². The van der Waals surface area contributed by atoms with Crippen LogP contribution in [-0.4, -0.2) is 46.6 Å². The Kier molecular flexibility index (Phi) is 2.99. The summed E-state index contributed by atoms with van der Waals surface area (Å²) in [6.07, 6.45) is 0. The van der Waals surface area contributed by atoms with E-state index in [1.165, 1.54) is 11.3 Å². The van der Waals surface area contributed by atoms with E-state index in [4.69, 9.17) is 4.55 Å². The molecule has 0 spiro atoms. The monoisotopic (exact) mass is 334 g/mol. The summed E-state index contributed by atoms with van der Waals surface area (Å²) in [5.41, 5.74) is 0.524. The number of fused-ring (bicyclic) bond motifs is 4. The molecule has 0 aromatic carbocycles. The predicted octanol–water partition coefficient (Wildman–Crippen LogP) is 0.709. The molecular formula is C10H10N2O7S2. The van der Waals surface area contributed by atoms with E-state index in [0.29, 0.717) is 15.5 Å². The second kappa shape index (κ2) is 4.40. The third-order valence-corrected chi connectivity index (χ3v) is 4.80. The zero-order chi connectivity index (χ0) is 15.5. The van der Waals surface area contributed by atoms with Gasteiger partial charge in [-0.15, -0.1) is 15.6 Å². The molecule has 11 heteroatoms. The van der Waals surface area contributed by atoms with E-state index in [1.54, 1.807) is 13.0 Å². The molecule has 1 aromatic rings. The highest BCUT2D eigenvalue weighted by Crippen LogP contribution is 2.47. The highest BCUT2D eigenvalue weighted by molar-refractivity contribution is 7.80. The van der Waals surface area contributed by atoms with Gasteiger partial charge in [-0.3, -0.25) is 4.55 Å². The summed E-state index contributed by atoms with van der Waals surface area (Å²) in [6, 6.07) is -1.17. The van der Waals surface area contributed by atoms with Crippen molar-refractivity contribution in [1.29, 1.82) is 0 Å². The van der Waals surface area contributed by atoms with Crippen LogP contribution in [0.2, 0.25) is 0 Å². The van der Waals surface area contributed by atoms with Crippen LogP contribution < -0.4 is 0 Å². The molecule has 0 unspecified atom stereocenters. The van der Waals surface area contributed by atoms with Crippen LogP contribution in [0.1, 0.15) is 27.4 Å². The van der Waals surface area contributed by atoms with Crippen LogP contribution in [-0.2, 0) is 19.5 Å². The number of hydroxylamine groups is 2. The normalized spacial score (nSPS) is 24.4. The lowest BCUT2D eigenvalue weighted by Gasteiger charge is -2.27. The molecule has 21 heavy (non-hydrogen) atoms. The molecule has 3 heterocycles. The molecule has 2 aliphatic heterocycles. The molecule has 1 aromatic heterocycles. The smallest absolute Gasteiger partial charge is 0.418 e. The van der Waals surface area contributed by atoms with E-state index in [0.717, 1.165) is 9.78 Å². The second-order valence-electron chi connectivity index (χ2n) is 4.70. The molecule has 1 saturated heterocycles. The van der Waals surface area contributed by atoms with Gasteiger partial charge in [-0.1, -0.05) is 0 Å². The van der Waals surface area contributed by atoms with Gasteiger partial charge in [-0.05, 0) is 18.6 Å². The Bertz CT molecular complexity index is 741. The summed E-state index contributed by atoms with van der Waals surface area (Å²) in [7, 11) is -4.88. The predicted molar refractivity (Wildman–Crippen MR) is 68.7 cm³/mol.